The Balaban J connectivity index is 0.00000225. The minimum Gasteiger partial charge on any atom is -0.350 e. The van der Waals surface area contributed by atoms with Crippen molar-refractivity contribution in [3.63, 3.8) is 0 Å². The van der Waals surface area contributed by atoms with E-state index in [0.717, 1.165) is 13.1 Å². The summed E-state index contributed by atoms with van der Waals surface area (Å²) in [5.74, 6) is -0.0752. The second-order valence-corrected chi connectivity index (χ2v) is 6.83. The van der Waals surface area contributed by atoms with Crippen molar-refractivity contribution >= 4 is 29.9 Å². The van der Waals surface area contributed by atoms with Crippen LogP contribution in [0.3, 0.4) is 0 Å². The quantitative estimate of drug-likeness (QED) is 0.821. The summed E-state index contributed by atoms with van der Waals surface area (Å²) in [6.45, 7) is 4.88. The van der Waals surface area contributed by atoms with Gasteiger partial charge in [-0.15, -0.1) is 12.4 Å². The van der Waals surface area contributed by atoms with Crippen LogP contribution in [0.15, 0.2) is 48.5 Å². The maximum atomic E-state index is 12.4. The predicted octanol–water partition coefficient (Wildman–Crippen LogP) is 4.64. The molecule has 1 atom stereocenters. The molecule has 5 heteroatoms. The summed E-state index contributed by atoms with van der Waals surface area (Å²) in [6, 6.07) is 15.9. The molecule has 2 aromatic carbocycles. The van der Waals surface area contributed by atoms with Crippen molar-refractivity contribution in [2.24, 2.45) is 0 Å². The Morgan fingerprint density at radius 2 is 1.84 bits per heavy atom. The summed E-state index contributed by atoms with van der Waals surface area (Å²) in [4.78, 5) is 14.9. The van der Waals surface area contributed by atoms with E-state index in [-0.39, 0.29) is 24.4 Å². The Morgan fingerprint density at radius 3 is 2.48 bits per heavy atom. The summed E-state index contributed by atoms with van der Waals surface area (Å²) < 4.78 is 0. The Bertz CT molecular complexity index is 697. The number of hydrogen-bond donors (Lipinski definition) is 1. The molecule has 1 aliphatic heterocycles. The van der Waals surface area contributed by atoms with Gasteiger partial charge in [0.25, 0.3) is 5.91 Å². The highest BCUT2D eigenvalue weighted by Gasteiger charge is 2.24. The lowest BCUT2D eigenvalue weighted by atomic mass is 10.0. The van der Waals surface area contributed by atoms with E-state index in [1.54, 1.807) is 24.3 Å². The fourth-order valence-corrected chi connectivity index (χ4v) is 3.41. The fourth-order valence-electron chi connectivity index (χ4n) is 3.22. The van der Waals surface area contributed by atoms with Gasteiger partial charge in [0.15, 0.2) is 0 Å². The molecule has 3 rings (SSSR count). The van der Waals surface area contributed by atoms with Crippen molar-refractivity contribution in [2.45, 2.75) is 25.8 Å². The van der Waals surface area contributed by atoms with Crippen LogP contribution in [0, 0.1) is 6.92 Å². The average Bonchev–Trinajstić information content (AvgIpc) is 3.11. The van der Waals surface area contributed by atoms with Crippen LogP contribution in [0.1, 0.15) is 40.4 Å². The van der Waals surface area contributed by atoms with Crippen LogP contribution >= 0.6 is 24.0 Å². The summed E-state index contributed by atoms with van der Waals surface area (Å²) >= 11 is 5.98. The van der Waals surface area contributed by atoms with Gasteiger partial charge in [-0.25, -0.2) is 0 Å². The summed E-state index contributed by atoms with van der Waals surface area (Å²) in [5.41, 5.74) is 3.11. The molecule has 0 aromatic heterocycles. The van der Waals surface area contributed by atoms with Gasteiger partial charge in [-0.1, -0.05) is 47.5 Å². The Morgan fingerprint density at radius 1 is 1.16 bits per heavy atom. The number of rotatable bonds is 5. The first-order valence-corrected chi connectivity index (χ1v) is 8.85. The molecule has 1 N–H and O–H groups in total. The standard InChI is InChI=1S/C20H23ClN2O.ClH/c1-15-7-9-16(10-8-15)19(23-11-2-3-12-23)14-22-20(24)17-5-4-6-18(21)13-17;/h4-10,13,19H,2-3,11-12,14H2,1H3,(H,22,24);1H. The van der Waals surface area contributed by atoms with Crippen LogP contribution in [0.2, 0.25) is 5.02 Å². The molecular weight excluding hydrogens is 355 g/mol. The maximum absolute atomic E-state index is 12.4. The van der Waals surface area contributed by atoms with Gasteiger partial charge in [-0.3, -0.25) is 9.69 Å². The van der Waals surface area contributed by atoms with Crippen molar-refractivity contribution in [1.82, 2.24) is 10.2 Å². The number of likely N-dealkylation sites (tertiary alicyclic amines) is 1. The highest BCUT2D eigenvalue weighted by atomic mass is 35.5. The van der Waals surface area contributed by atoms with Crippen LogP contribution in [0.4, 0.5) is 0 Å². The van der Waals surface area contributed by atoms with E-state index in [9.17, 15) is 4.79 Å². The monoisotopic (exact) mass is 378 g/mol. The van der Waals surface area contributed by atoms with Gasteiger partial charge in [-0.2, -0.15) is 0 Å². The number of carbonyl (C=O) groups is 1. The number of amides is 1. The molecular formula is C20H24Cl2N2O. The minimum absolute atomic E-state index is 0. The van der Waals surface area contributed by atoms with E-state index >= 15 is 0 Å². The van der Waals surface area contributed by atoms with Gasteiger partial charge < -0.3 is 5.32 Å². The second-order valence-electron chi connectivity index (χ2n) is 6.39. The summed E-state index contributed by atoms with van der Waals surface area (Å²) in [7, 11) is 0. The third-order valence-corrected chi connectivity index (χ3v) is 4.82. The lowest BCUT2D eigenvalue weighted by Crippen LogP contribution is -2.36. The predicted molar refractivity (Wildman–Crippen MR) is 106 cm³/mol. The van der Waals surface area contributed by atoms with Crippen LogP contribution in [0.25, 0.3) is 0 Å². The zero-order chi connectivity index (χ0) is 16.9. The molecule has 25 heavy (non-hydrogen) atoms. The third-order valence-electron chi connectivity index (χ3n) is 4.59. The average molecular weight is 379 g/mol. The van der Waals surface area contributed by atoms with Crippen molar-refractivity contribution in [1.29, 1.82) is 0 Å². The number of halogens is 2. The number of carbonyl (C=O) groups excluding carboxylic acids is 1. The molecule has 1 unspecified atom stereocenters. The number of benzene rings is 2. The molecule has 0 bridgehead atoms. The molecule has 0 radical (unpaired) electrons. The first-order valence-electron chi connectivity index (χ1n) is 8.48. The smallest absolute Gasteiger partial charge is 0.251 e. The lowest BCUT2D eigenvalue weighted by Gasteiger charge is -2.28. The summed E-state index contributed by atoms with van der Waals surface area (Å²) in [5, 5.41) is 3.66. The van der Waals surface area contributed by atoms with Gasteiger partial charge in [0.1, 0.15) is 0 Å². The zero-order valence-corrected chi connectivity index (χ0v) is 15.9. The van der Waals surface area contributed by atoms with E-state index in [0.29, 0.717) is 17.1 Å². The van der Waals surface area contributed by atoms with E-state index in [4.69, 9.17) is 11.6 Å². The Kier molecular flexibility index (Phi) is 7.30. The Hall–Kier alpha value is -1.55. The molecule has 1 fully saturated rings. The van der Waals surface area contributed by atoms with Crippen molar-refractivity contribution in [3.05, 3.63) is 70.2 Å². The van der Waals surface area contributed by atoms with Gasteiger partial charge in [0.05, 0.1) is 6.04 Å². The first-order chi connectivity index (χ1) is 11.6. The largest absolute Gasteiger partial charge is 0.350 e. The molecule has 0 spiro atoms. The lowest BCUT2D eigenvalue weighted by molar-refractivity contribution is 0.0938. The van der Waals surface area contributed by atoms with E-state index < -0.39 is 0 Å². The molecule has 0 saturated carbocycles. The molecule has 0 aliphatic carbocycles. The first kappa shape index (κ1) is 19.8. The number of hydrogen-bond acceptors (Lipinski definition) is 2. The Labute approximate surface area is 160 Å². The molecule has 1 heterocycles. The van der Waals surface area contributed by atoms with Crippen LogP contribution < -0.4 is 5.32 Å². The minimum atomic E-state index is -0.0752. The van der Waals surface area contributed by atoms with Crippen LogP contribution in [0.5, 0.6) is 0 Å². The molecule has 1 amide bonds. The van der Waals surface area contributed by atoms with Crippen LogP contribution in [-0.4, -0.2) is 30.4 Å². The number of nitrogens with zero attached hydrogens (tertiary/aromatic N) is 1. The highest BCUT2D eigenvalue weighted by molar-refractivity contribution is 6.30. The van der Waals surface area contributed by atoms with Crippen LogP contribution in [-0.2, 0) is 0 Å². The van der Waals surface area contributed by atoms with Gasteiger partial charge in [-0.05, 0) is 56.6 Å². The SMILES string of the molecule is Cc1ccc(C(CNC(=O)c2cccc(Cl)c2)N2CCCC2)cc1.Cl. The van der Waals surface area contributed by atoms with Crippen molar-refractivity contribution in [2.75, 3.05) is 19.6 Å². The fraction of sp³-hybridized carbons (Fsp3) is 0.350. The molecule has 2 aromatic rings. The van der Waals surface area contributed by atoms with E-state index in [1.165, 1.54) is 24.0 Å². The number of nitrogens with one attached hydrogen (secondary N) is 1. The second kappa shape index (κ2) is 9.23. The van der Waals surface area contributed by atoms with Crippen molar-refractivity contribution in [3.8, 4) is 0 Å². The van der Waals surface area contributed by atoms with E-state index in [1.807, 2.05) is 0 Å². The zero-order valence-electron chi connectivity index (χ0n) is 14.4. The summed E-state index contributed by atoms with van der Waals surface area (Å²) in [6.07, 6.45) is 2.45. The molecule has 3 nitrogen and oxygen atoms in total. The third kappa shape index (κ3) is 5.21. The topological polar surface area (TPSA) is 32.3 Å². The van der Waals surface area contributed by atoms with Gasteiger partial charge in [0, 0.05) is 17.1 Å². The highest BCUT2D eigenvalue weighted by Crippen LogP contribution is 2.25. The maximum Gasteiger partial charge on any atom is 0.251 e. The number of aryl methyl sites for hydroxylation is 1. The molecule has 1 saturated heterocycles. The molecule has 134 valence electrons. The van der Waals surface area contributed by atoms with Gasteiger partial charge in [0.2, 0.25) is 0 Å². The van der Waals surface area contributed by atoms with E-state index in [2.05, 4.69) is 41.4 Å². The normalized spacial score (nSPS) is 15.4. The van der Waals surface area contributed by atoms with Gasteiger partial charge >= 0.3 is 0 Å². The molecule has 1 aliphatic rings. The van der Waals surface area contributed by atoms with Crippen molar-refractivity contribution < 1.29 is 4.79 Å².